The van der Waals surface area contributed by atoms with E-state index in [-0.39, 0.29) is 29.2 Å². The molecule has 1 aromatic rings. The molecule has 0 aromatic heterocycles. The third kappa shape index (κ3) is 3.94. The number of hydrogen-bond donors (Lipinski definition) is 2. The number of aliphatic hydroxyl groups excluding tert-OH is 1. The summed E-state index contributed by atoms with van der Waals surface area (Å²) in [4.78, 5) is 12.2. The smallest absolute Gasteiger partial charge is 0.255 e. The van der Waals surface area contributed by atoms with Gasteiger partial charge in [0.2, 0.25) is 0 Å². The van der Waals surface area contributed by atoms with Crippen molar-refractivity contribution in [3.05, 3.63) is 29.6 Å². The van der Waals surface area contributed by atoms with Gasteiger partial charge in [0.25, 0.3) is 5.91 Å². The predicted octanol–water partition coefficient (Wildman–Crippen LogP) is 2.51. The molecule has 0 spiro atoms. The van der Waals surface area contributed by atoms with Gasteiger partial charge in [0, 0.05) is 12.5 Å². The van der Waals surface area contributed by atoms with Gasteiger partial charge >= 0.3 is 0 Å². The van der Waals surface area contributed by atoms with Crippen molar-refractivity contribution in [2.24, 2.45) is 5.92 Å². The molecule has 0 bridgehead atoms. The van der Waals surface area contributed by atoms with Crippen LogP contribution in [0.5, 0.6) is 5.75 Å². The Hall–Kier alpha value is -1.62. The molecule has 1 saturated carbocycles. The highest BCUT2D eigenvalue weighted by Crippen LogP contribution is 2.25. The first-order valence-corrected chi connectivity index (χ1v) is 7.51. The highest BCUT2D eigenvalue weighted by molar-refractivity contribution is 5.97. The lowest BCUT2D eigenvalue weighted by Crippen LogP contribution is -2.36. The van der Waals surface area contributed by atoms with E-state index in [1.807, 2.05) is 0 Å². The van der Waals surface area contributed by atoms with Gasteiger partial charge in [0.1, 0.15) is 0 Å². The minimum absolute atomic E-state index is 0.0123. The zero-order valence-corrected chi connectivity index (χ0v) is 12.3. The normalized spacial score (nSPS) is 21.9. The van der Waals surface area contributed by atoms with Gasteiger partial charge in [-0.3, -0.25) is 4.79 Å². The third-order valence-electron chi connectivity index (χ3n) is 3.89. The highest BCUT2D eigenvalue weighted by Gasteiger charge is 2.24. The number of amides is 1. The zero-order chi connectivity index (χ0) is 15.2. The minimum Gasteiger partial charge on any atom is -0.490 e. The molecule has 1 aromatic carbocycles. The van der Waals surface area contributed by atoms with Crippen LogP contribution < -0.4 is 10.1 Å². The number of carbonyl (C=O) groups excluding carboxylic acids is 1. The van der Waals surface area contributed by atoms with Crippen LogP contribution in [0, 0.1) is 11.7 Å². The summed E-state index contributed by atoms with van der Waals surface area (Å²) >= 11 is 0. The van der Waals surface area contributed by atoms with Crippen molar-refractivity contribution in [1.29, 1.82) is 0 Å². The van der Waals surface area contributed by atoms with E-state index in [0.29, 0.717) is 13.2 Å². The van der Waals surface area contributed by atoms with Crippen LogP contribution in [-0.2, 0) is 0 Å². The Labute approximate surface area is 124 Å². The summed E-state index contributed by atoms with van der Waals surface area (Å²) in [5, 5.41) is 12.7. The summed E-state index contributed by atoms with van der Waals surface area (Å²) in [5.41, 5.74) is 0.196. The fourth-order valence-corrected chi connectivity index (χ4v) is 2.72. The molecule has 0 heterocycles. The van der Waals surface area contributed by atoms with E-state index in [1.54, 1.807) is 13.0 Å². The molecule has 2 atom stereocenters. The molecule has 1 aliphatic carbocycles. The third-order valence-corrected chi connectivity index (χ3v) is 3.89. The molecular weight excluding hydrogens is 273 g/mol. The standard InChI is InChI=1S/C16H22FNO3/c1-2-21-15-12(7-5-8-13(15)17)16(20)18-10-11-6-3-4-9-14(11)19/h5,7-8,11,14,19H,2-4,6,9-10H2,1H3,(H,18,20)/t11-,14-/m1/s1. The maximum atomic E-state index is 13.7. The van der Waals surface area contributed by atoms with Crippen LogP contribution in [0.3, 0.4) is 0 Å². The Balaban J connectivity index is 2.01. The Bertz CT molecular complexity index is 492. The summed E-state index contributed by atoms with van der Waals surface area (Å²) in [6.45, 7) is 2.44. The van der Waals surface area contributed by atoms with Gasteiger partial charge in [-0.25, -0.2) is 4.39 Å². The molecule has 1 aliphatic rings. The van der Waals surface area contributed by atoms with E-state index in [2.05, 4.69) is 5.32 Å². The number of para-hydroxylation sites is 1. The first kappa shape index (κ1) is 15.8. The van der Waals surface area contributed by atoms with Gasteiger partial charge in [0.05, 0.1) is 18.3 Å². The van der Waals surface area contributed by atoms with Crippen molar-refractivity contribution in [3.63, 3.8) is 0 Å². The summed E-state index contributed by atoms with van der Waals surface area (Å²) in [6.07, 6.45) is 3.43. The molecule has 4 nitrogen and oxygen atoms in total. The van der Waals surface area contributed by atoms with Crippen molar-refractivity contribution < 1.29 is 19.0 Å². The lowest BCUT2D eigenvalue weighted by Gasteiger charge is -2.27. The number of rotatable bonds is 5. The van der Waals surface area contributed by atoms with Crippen molar-refractivity contribution in [3.8, 4) is 5.75 Å². The number of hydrogen-bond acceptors (Lipinski definition) is 3. The molecule has 0 aliphatic heterocycles. The Kier molecular flexibility index (Phi) is 5.56. The summed E-state index contributed by atoms with van der Waals surface area (Å²) in [6, 6.07) is 4.30. The van der Waals surface area contributed by atoms with E-state index in [1.165, 1.54) is 12.1 Å². The van der Waals surface area contributed by atoms with E-state index < -0.39 is 5.82 Å². The van der Waals surface area contributed by atoms with Gasteiger partial charge in [-0.05, 0) is 31.9 Å². The van der Waals surface area contributed by atoms with Crippen molar-refractivity contribution >= 4 is 5.91 Å². The Morgan fingerprint density at radius 1 is 1.43 bits per heavy atom. The first-order valence-electron chi connectivity index (χ1n) is 7.51. The van der Waals surface area contributed by atoms with Crippen molar-refractivity contribution in [2.75, 3.05) is 13.2 Å². The maximum absolute atomic E-state index is 13.7. The van der Waals surface area contributed by atoms with E-state index >= 15 is 0 Å². The molecule has 0 unspecified atom stereocenters. The fourth-order valence-electron chi connectivity index (χ4n) is 2.72. The molecule has 2 rings (SSSR count). The molecule has 21 heavy (non-hydrogen) atoms. The van der Waals surface area contributed by atoms with Crippen molar-refractivity contribution in [2.45, 2.75) is 38.7 Å². The maximum Gasteiger partial charge on any atom is 0.255 e. The van der Waals surface area contributed by atoms with Crippen LogP contribution in [0.2, 0.25) is 0 Å². The van der Waals surface area contributed by atoms with Crippen LogP contribution in [0.4, 0.5) is 4.39 Å². The van der Waals surface area contributed by atoms with Crippen LogP contribution in [0.15, 0.2) is 18.2 Å². The van der Waals surface area contributed by atoms with Gasteiger partial charge in [-0.2, -0.15) is 0 Å². The number of halogens is 1. The number of benzene rings is 1. The predicted molar refractivity (Wildman–Crippen MR) is 77.9 cm³/mol. The van der Waals surface area contributed by atoms with Crippen LogP contribution >= 0.6 is 0 Å². The second kappa shape index (κ2) is 7.41. The Morgan fingerprint density at radius 3 is 2.90 bits per heavy atom. The SMILES string of the molecule is CCOc1c(F)cccc1C(=O)NC[C@H]1CCCC[C@H]1O. The van der Waals surface area contributed by atoms with Crippen LogP contribution in [0.1, 0.15) is 43.0 Å². The molecule has 1 amide bonds. The summed E-state index contributed by atoms with van der Waals surface area (Å²) in [7, 11) is 0. The topological polar surface area (TPSA) is 58.6 Å². The average Bonchev–Trinajstić information content (AvgIpc) is 2.48. The zero-order valence-electron chi connectivity index (χ0n) is 12.3. The van der Waals surface area contributed by atoms with Gasteiger partial charge in [0.15, 0.2) is 11.6 Å². The molecule has 116 valence electrons. The summed E-state index contributed by atoms with van der Waals surface area (Å²) < 4.78 is 18.9. The quantitative estimate of drug-likeness (QED) is 0.877. The molecule has 2 N–H and O–H groups in total. The monoisotopic (exact) mass is 295 g/mol. The van der Waals surface area contributed by atoms with E-state index in [9.17, 15) is 14.3 Å². The number of nitrogens with one attached hydrogen (secondary N) is 1. The van der Waals surface area contributed by atoms with E-state index in [0.717, 1.165) is 25.7 Å². The number of aliphatic hydroxyl groups is 1. The molecule has 0 radical (unpaired) electrons. The second-order valence-electron chi connectivity index (χ2n) is 5.37. The van der Waals surface area contributed by atoms with Crippen molar-refractivity contribution in [1.82, 2.24) is 5.32 Å². The summed E-state index contributed by atoms with van der Waals surface area (Å²) in [5.74, 6) is -0.841. The largest absolute Gasteiger partial charge is 0.490 e. The fraction of sp³-hybridized carbons (Fsp3) is 0.562. The first-order chi connectivity index (χ1) is 10.1. The molecule has 0 saturated heterocycles. The second-order valence-corrected chi connectivity index (χ2v) is 5.37. The lowest BCUT2D eigenvalue weighted by molar-refractivity contribution is 0.0662. The lowest BCUT2D eigenvalue weighted by atomic mass is 9.86. The van der Waals surface area contributed by atoms with Crippen LogP contribution in [-0.4, -0.2) is 30.3 Å². The van der Waals surface area contributed by atoms with E-state index in [4.69, 9.17) is 4.74 Å². The van der Waals surface area contributed by atoms with Gasteiger partial charge < -0.3 is 15.2 Å². The van der Waals surface area contributed by atoms with Crippen LogP contribution in [0.25, 0.3) is 0 Å². The highest BCUT2D eigenvalue weighted by atomic mass is 19.1. The average molecular weight is 295 g/mol. The Morgan fingerprint density at radius 2 is 2.19 bits per heavy atom. The van der Waals surface area contributed by atoms with Gasteiger partial charge in [-0.15, -0.1) is 0 Å². The van der Waals surface area contributed by atoms with Gasteiger partial charge in [-0.1, -0.05) is 18.9 Å². The minimum atomic E-state index is -0.540. The molecule has 5 heteroatoms. The molecular formula is C16H22FNO3. The molecule has 1 fully saturated rings. The number of ether oxygens (including phenoxy) is 1. The number of carbonyl (C=O) groups is 1.